The van der Waals surface area contributed by atoms with E-state index in [1.54, 1.807) is 14.7 Å². The van der Waals surface area contributed by atoms with Crippen LogP contribution in [0.15, 0.2) is 48.5 Å². The number of amides is 4. The van der Waals surface area contributed by atoms with Gasteiger partial charge in [-0.05, 0) is 55.5 Å². The fraction of sp³-hybridized carbons (Fsp3) is 0.400. The number of benzene rings is 2. The smallest absolute Gasteiger partial charge is 0.321 e. The van der Waals surface area contributed by atoms with E-state index in [1.807, 2.05) is 62.4 Å². The molecule has 0 spiro atoms. The number of likely N-dealkylation sites (tertiary alicyclic amines) is 1. The van der Waals surface area contributed by atoms with Crippen LogP contribution in [0.4, 0.5) is 10.5 Å². The quantitative estimate of drug-likeness (QED) is 0.752. The van der Waals surface area contributed by atoms with Gasteiger partial charge in [0.1, 0.15) is 0 Å². The highest BCUT2D eigenvalue weighted by atomic mass is 16.2. The van der Waals surface area contributed by atoms with E-state index in [9.17, 15) is 14.4 Å². The van der Waals surface area contributed by atoms with Crippen LogP contribution in [0.5, 0.6) is 0 Å². The lowest BCUT2D eigenvalue weighted by molar-refractivity contribution is -0.158. The Kier molecular flexibility index (Phi) is 6.44. The fourth-order valence-electron chi connectivity index (χ4n) is 4.40. The third-order valence-corrected chi connectivity index (χ3v) is 6.51. The van der Waals surface area contributed by atoms with Gasteiger partial charge in [-0.1, -0.05) is 36.4 Å². The average Bonchev–Trinajstić information content (AvgIpc) is 2.80. The van der Waals surface area contributed by atoms with Crippen LogP contribution in [0.25, 0.3) is 0 Å². The Hall–Kier alpha value is -3.35. The summed E-state index contributed by atoms with van der Waals surface area (Å²) in [5.41, 5.74) is 4.13. The van der Waals surface area contributed by atoms with E-state index in [-0.39, 0.29) is 12.1 Å². The van der Waals surface area contributed by atoms with E-state index in [1.165, 1.54) is 5.56 Å². The molecule has 2 saturated heterocycles. The molecule has 0 aromatic heterocycles. The molecule has 2 heterocycles. The van der Waals surface area contributed by atoms with Gasteiger partial charge in [0.15, 0.2) is 0 Å². The topological polar surface area (TPSA) is 73.0 Å². The lowest BCUT2D eigenvalue weighted by Crippen LogP contribution is -2.59. The van der Waals surface area contributed by atoms with Gasteiger partial charge in [0.2, 0.25) is 0 Å². The van der Waals surface area contributed by atoms with Crippen LogP contribution in [0.3, 0.4) is 0 Å². The molecule has 4 amide bonds. The molecule has 2 aromatic rings. The molecule has 0 radical (unpaired) electrons. The van der Waals surface area contributed by atoms with Crippen molar-refractivity contribution in [1.82, 2.24) is 14.7 Å². The van der Waals surface area contributed by atoms with E-state index in [2.05, 4.69) is 5.32 Å². The van der Waals surface area contributed by atoms with E-state index in [0.29, 0.717) is 45.6 Å². The van der Waals surface area contributed by atoms with Crippen molar-refractivity contribution in [3.05, 3.63) is 65.2 Å². The Morgan fingerprint density at radius 1 is 0.906 bits per heavy atom. The number of carbonyl (C=O) groups excluding carboxylic acids is 3. The maximum absolute atomic E-state index is 12.8. The molecule has 7 heteroatoms. The zero-order valence-corrected chi connectivity index (χ0v) is 18.7. The van der Waals surface area contributed by atoms with Crippen LogP contribution in [0.2, 0.25) is 0 Å². The first-order chi connectivity index (χ1) is 15.4. The molecule has 1 N–H and O–H groups in total. The second-order valence-electron chi connectivity index (χ2n) is 8.66. The van der Waals surface area contributed by atoms with Crippen molar-refractivity contribution in [2.45, 2.75) is 39.3 Å². The highest BCUT2D eigenvalue weighted by molar-refractivity contribution is 6.35. The third kappa shape index (κ3) is 4.77. The first-order valence-electron chi connectivity index (χ1n) is 11.2. The molecule has 4 rings (SSSR count). The molecular weight excluding hydrogens is 404 g/mol. The van der Waals surface area contributed by atoms with Gasteiger partial charge >= 0.3 is 17.8 Å². The summed E-state index contributed by atoms with van der Waals surface area (Å²) < 4.78 is 0. The molecule has 2 aromatic carbocycles. The van der Waals surface area contributed by atoms with E-state index in [0.717, 1.165) is 16.8 Å². The standard InChI is InChI=1S/C25H30N4O3/c1-18-8-9-21(16-19(18)2)26-25(32)27-12-10-22(11-13-27)29-15-14-28(23(30)24(29)31)17-20-6-4-3-5-7-20/h3-9,16,22H,10-15,17H2,1-2H3,(H,26,32). The number of urea groups is 1. The number of piperidine rings is 1. The number of hydrogen-bond donors (Lipinski definition) is 1. The predicted octanol–water partition coefficient (Wildman–Crippen LogP) is 3.17. The summed E-state index contributed by atoms with van der Waals surface area (Å²) in [5.74, 6) is -0.861. The van der Waals surface area contributed by atoms with Crippen molar-refractivity contribution in [2.24, 2.45) is 0 Å². The van der Waals surface area contributed by atoms with Gasteiger partial charge in [0.25, 0.3) is 0 Å². The molecule has 2 aliphatic heterocycles. The fourth-order valence-corrected chi connectivity index (χ4v) is 4.40. The van der Waals surface area contributed by atoms with Crippen molar-refractivity contribution < 1.29 is 14.4 Å². The number of rotatable bonds is 4. The van der Waals surface area contributed by atoms with Crippen molar-refractivity contribution >= 4 is 23.5 Å². The maximum atomic E-state index is 12.8. The largest absolute Gasteiger partial charge is 0.330 e. The van der Waals surface area contributed by atoms with Gasteiger partial charge in [0.05, 0.1) is 0 Å². The molecule has 0 bridgehead atoms. The summed E-state index contributed by atoms with van der Waals surface area (Å²) in [5, 5.41) is 2.96. The predicted molar refractivity (Wildman–Crippen MR) is 123 cm³/mol. The Labute approximate surface area is 189 Å². The molecule has 168 valence electrons. The van der Waals surface area contributed by atoms with E-state index < -0.39 is 11.8 Å². The number of nitrogens with one attached hydrogen (secondary N) is 1. The Balaban J connectivity index is 1.29. The molecule has 2 fully saturated rings. The van der Waals surface area contributed by atoms with Crippen molar-refractivity contribution in [3.63, 3.8) is 0 Å². The second-order valence-corrected chi connectivity index (χ2v) is 8.66. The molecule has 0 unspecified atom stereocenters. The number of piperazine rings is 1. The summed E-state index contributed by atoms with van der Waals surface area (Å²) in [6, 6.07) is 15.5. The lowest BCUT2D eigenvalue weighted by Gasteiger charge is -2.42. The zero-order chi connectivity index (χ0) is 22.7. The van der Waals surface area contributed by atoms with Crippen LogP contribution in [0, 0.1) is 13.8 Å². The summed E-state index contributed by atoms with van der Waals surface area (Å²) >= 11 is 0. The molecule has 0 saturated carbocycles. The molecular formula is C25H30N4O3. The Morgan fingerprint density at radius 3 is 2.31 bits per heavy atom. The monoisotopic (exact) mass is 434 g/mol. The van der Waals surface area contributed by atoms with E-state index in [4.69, 9.17) is 0 Å². The second kappa shape index (κ2) is 9.42. The third-order valence-electron chi connectivity index (χ3n) is 6.51. The van der Waals surface area contributed by atoms with Gasteiger partial charge < -0.3 is 20.0 Å². The maximum Gasteiger partial charge on any atom is 0.321 e. The first-order valence-corrected chi connectivity index (χ1v) is 11.2. The highest BCUT2D eigenvalue weighted by Crippen LogP contribution is 2.22. The number of carbonyl (C=O) groups is 3. The summed E-state index contributed by atoms with van der Waals surface area (Å²) in [4.78, 5) is 43.2. The number of aryl methyl sites for hydroxylation is 2. The molecule has 32 heavy (non-hydrogen) atoms. The van der Waals surface area contributed by atoms with Crippen LogP contribution in [0.1, 0.15) is 29.5 Å². The lowest BCUT2D eigenvalue weighted by atomic mass is 10.0. The first kappa shape index (κ1) is 21.9. The van der Waals surface area contributed by atoms with Crippen molar-refractivity contribution in [3.8, 4) is 0 Å². The number of anilines is 1. The molecule has 2 aliphatic rings. The van der Waals surface area contributed by atoms with Gasteiger partial charge in [-0.25, -0.2) is 4.79 Å². The Morgan fingerprint density at radius 2 is 1.62 bits per heavy atom. The van der Waals surface area contributed by atoms with Crippen molar-refractivity contribution in [2.75, 3.05) is 31.5 Å². The zero-order valence-electron chi connectivity index (χ0n) is 18.7. The van der Waals surface area contributed by atoms with Gasteiger partial charge in [-0.15, -0.1) is 0 Å². The highest BCUT2D eigenvalue weighted by Gasteiger charge is 2.38. The average molecular weight is 435 g/mol. The summed E-state index contributed by atoms with van der Waals surface area (Å²) in [6.07, 6.45) is 1.36. The SMILES string of the molecule is Cc1ccc(NC(=O)N2CCC(N3CCN(Cc4ccccc4)C(=O)C3=O)CC2)cc1C. The minimum absolute atomic E-state index is 0.00371. The molecule has 0 aliphatic carbocycles. The Bertz CT molecular complexity index is 1000. The van der Waals surface area contributed by atoms with Crippen LogP contribution in [-0.2, 0) is 16.1 Å². The van der Waals surface area contributed by atoms with Gasteiger partial charge in [0, 0.05) is 44.5 Å². The molecule has 0 atom stereocenters. The van der Waals surface area contributed by atoms with E-state index >= 15 is 0 Å². The van der Waals surface area contributed by atoms with Gasteiger partial charge in [-0.2, -0.15) is 0 Å². The van der Waals surface area contributed by atoms with Crippen LogP contribution >= 0.6 is 0 Å². The minimum Gasteiger partial charge on any atom is -0.330 e. The summed E-state index contributed by atoms with van der Waals surface area (Å²) in [6.45, 7) is 6.72. The van der Waals surface area contributed by atoms with Crippen LogP contribution in [-0.4, -0.2) is 64.8 Å². The number of nitrogens with zero attached hydrogens (tertiary/aromatic N) is 3. The van der Waals surface area contributed by atoms with Gasteiger partial charge in [-0.3, -0.25) is 9.59 Å². The minimum atomic E-state index is -0.435. The summed E-state index contributed by atoms with van der Waals surface area (Å²) in [7, 11) is 0. The van der Waals surface area contributed by atoms with Crippen LogP contribution < -0.4 is 5.32 Å². The normalized spacial score (nSPS) is 17.6. The number of hydrogen-bond acceptors (Lipinski definition) is 3. The van der Waals surface area contributed by atoms with Crippen molar-refractivity contribution in [1.29, 1.82) is 0 Å². The molecule has 7 nitrogen and oxygen atoms in total.